The summed E-state index contributed by atoms with van der Waals surface area (Å²) in [4.78, 5) is 40.6. The van der Waals surface area contributed by atoms with Gasteiger partial charge in [-0.2, -0.15) is 0 Å². The van der Waals surface area contributed by atoms with Crippen LogP contribution in [0.25, 0.3) is 0 Å². The number of nitrogens with zero attached hydrogens (tertiary/aromatic N) is 1. The maximum atomic E-state index is 9.96. The van der Waals surface area contributed by atoms with Crippen LogP contribution in [0.5, 0.6) is 0 Å². The van der Waals surface area contributed by atoms with Gasteiger partial charge in [0.25, 0.3) is 0 Å². The Hall–Kier alpha value is -2.20. The van der Waals surface area contributed by atoms with Gasteiger partial charge in [-0.25, -0.2) is 0 Å². The van der Waals surface area contributed by atoms with Gasteiger partial charge in [-0.1, -0.05) is 0 Å². The molecule has 0 saturated heterocycles. The Kier molecular flexibility index (Phi) is 11.0. The van der Waals surface area contributed by atoms with Crippen molar-refractivity contribution in [3.8, 4) is 0 Å². The van der Waals surface area contributed by atoms with Gasteiger partial charge in [0.15, 0.2) is 0 Å². The van der Waals surface area contributed by atoms with E-state index in [0.717, 1.165) is 0 Å². The summed E-state index contributed by atoms with van der Waals surface area (Å²) in [5.41, 5.74) is 0. The molecule has 5 N–H and O–H groups in total. The van der Waals surface area contributed by atoms with E-state index in [9.17, 15) is 19.2 Å². The van der Waals surface area contributed by atoms with Gasteiger partial charge in [0.2, 0.25) is 0 Å². The van der Waals surface area contributed by atoms with E-state index < -0.39 is 23.9 Å². The highest BCUT2D eigenvalue weighted by atomic mass is 16.4. The Morgan fingerprint density at radius 1 is 0.789 bits per heavy atom. The first kappa shape index (κ1) is 19.1. The summed E-state index contributed by atoms with van der Waals surface area (Å²) in [6.07, 6.45) is 0. The molecule has 0 atom stereocenters. The second-order valence-electron chi connectivity index (χ2n) is 3.35. The Labute approximate surface area is 108 Å². The molecule has 10 nitrogen and oxygen atoms in total. The molecule has 10 heteroatoms. The first-order valence-corrected chi connectivity index (χ1v) is 4.91. The summed E-state index contributed by atoms with van der Waals surface area (Å²) in [5.74, 6) is -4.17. The molecule has 0 aliphatic rings. The molecule has 0 aliphatic carbocycles. The fourth-order valence-electron chi connectivity index (χ4n) is 0.794. The van der Waals surface area contributed by atoms with Crippen LogP contribution in [-0.2, 0) is 19.2 Å². The second-order valence-corrected chi connectivity index (χ2v) is 3.35. The van der Waals surface area contributed by atoms with Crippen molar-refractivity contribution in [3.63, 3.8) is 0 Å². The molecule has 0 unspecified atom stereocenters. The molecule has 0 aromatic rings. The molecule has 0 rings (SSSR count). The average Bonchev–Trinajstić information content (AvgIpc) is 2.13. The average molecular weight is 280 g/mol. The van der Waals surface area contributed by atoms with Crippen LogP contribution in [0, 0.1) is 0 Å². The predicted molar refractivity (Wildman–Crippen MR) is 60.9 cm³/mol. The summed E-state index contributed by atoms with van der Waals surface area (Å²) in [7, 11) is 1.43. The molecule has 0 spiro atoms. The number of hydrogen-bond donors (Lipinski definition) is 5. The minimum atomic E-state index is -1.06. The number of hydrogen-bond acceptors (Lipinski definition) is 6. The van der Waals surface area contributed by atoms with Crippen molar-refractivity contribution in [2.45, 2.75) is 0 Å². The SMILES string of the molecule is CN(CC(=O)O)CC(=O)O.O=C(O)CNCC(=O)O. The zero-order valence-corrected chi connectivity index (χ0v) is 10.2. The minimum absolute atomic E-state index is 0.244. The van der Waals surface area contributed by atoms with Gasteiger partial charge in [-0.3, -0.25) is 29.4 Å². The first-order chi connectivity index (χ1) is 8.65. The molecule has 0 heterocycles. The van der Waals surface area contributed by atoms with Gasteiger partial charge in [0.05, 0.1) is 26.2 Å². The van der Waals surface area contributed by atoms with Gasteiger partial charge in [-0.15, -0.1) is 0 Å². The number of rotatable bonds is 8. The normalized spacial score (nSPS) is 9.37. The highest BCUT2D eigenvalue weighted by molar-refractivity contribution is 5.72. The topological polar surface area (TPSA) is 164 Å². The summed E-state index contributed by atoms with van der Waals surface area (Å²) in [6, 6.07) is 0. The first-order valence-electron chi connectivity index (χ1n) is 4.91. The lowest BCUT2D eigenvalue weighted by Gasteiger charge is -2.08. The molecule has 110 valence electrons. The molecule has 0 radical (unpaired) electrons. The highest BCUT2D eigenvalue weighted by Gasteiger charge is 2.06. The maximum Gasteiger partial charge on any atom is 0.317 e. The predicted octanol–water partition coefficient (Wildman–Crippen LogP) is -2.17. The summed E-state index contributed by atoms with van der Waals surface area (Å²) < 4.78 is 0. The fourth-order valence-corrected chi connectivity index (χ4v) is 0.794. The molecule has 0 fully saturated rings. The van der Waals surface area contributed by atoms with Crippen LogP contribution in [0.4, 0.5) is 0 Å². The van der Waals surface area contributed by atoms with E-state index in [-0.39, 0.29) is 26.2 Å². The molecule has 0 aromatic carbocycles. The lowest BCUT2D eigenvalue weighted by Crippen LogP contribution is -2.30. The second kappa shape index (κ2) is 10.9. The van der Waals surface area contributed by atoms with E-state index >= 15 is 0 Å². The molecule has 0 bridgehead atoms. The third-order valence-electron chi connectivity index (χ3n) is 1.36. The number of carboxylic acids is 4. The number of carbonyl (C=O) groups is 4. The van der Waals surface area contributed by atoms with Crippen molar-refractivity contribution < 1.29 is 39.6 Å². The van der Waals surface area contributed by atoms with Crippen LogP contribution in [0.3, 0.4) is 0 Å². The van der Waals surface area contributed by atoms with Crippen LogP contribution in [0.15, 0.2) is 0 Å². The zero-order chi connectivity index (χ0) is 15.4. The van der Waals surface area contributed by atoms with Crippen LogP contribution in [-0.4, -0.2) is 82.4 Å². The Morgan fingerprint density at radius 3 is 1.32 bits per heavy atom. The fraction of sp³-hybridized carbons (Fsp3) is 0.556. The van der Waals surface area contributed by atoms with Crippen LogP contribution < -0.4 is 5.32 Å². The largest absolute Gasteiger partial charge is 0.480 e. The Morgan fingerprint density at radius 2 is 1.11 bits per heavy atom. The summed E-state index contributed by atoms with van der Waals surface area (Å²) in [6.45, 7) is -1.11. The summed E-state index contributed by atoms with van der Waals surface area (Å²) in [5, 5.41) is 34.5. The van der Waals surface area contributed by atoms with E-state index in [1.165, 1.54) is 11.9 Å². The quantitative estimate of drug-likeness (QED) is 0.330. The lowest BCUT2D eigenvalue weighted by molar-refractivity contribution is -0.142. The van der Waals surface area contributed by atoms with E-state index in [1.807, 2.05) is 0 Å². The monoisotopic (exact) mass is 280 g/mol. The van der Waals surface area contributed by atoms with Gasteiger partial charge in [0, 0.05) is 0 Å². The van der Waals surface area contributed by atoms with Crippen molar-refractivity contribution >= 4 is 23.9 Å². The Balaban J connectivity index is 0. The van der Waals surface area contributed by atoms with Gasteiger partial charge in [-0.05, 0) is 7.05 Å². The molecule has 19 heavy (non-hydrogen) atoms. The van der Waals surface area contributed by atoms with Crippen molar-refractivity contribution in [1.29, 1.82) is 0 Å². The number of likely N-dealkylation sites (N-methyl/N-ethyl adjacent to an activating group) is 1. The minimum Gasteiger partial charge on any atom is -0.480 e. The highest BCUT2D eigenvalue weighted by Crippen LogP contribution is 1.80. The van der Waals surface area contributed by atoms with Gasteiger partial charge >= 0.3 is 23.9 Å². The van der Waals surface area contributed by atoms with E-state index in [2.05, 4.69) is 5.32 Å². The van der Waals surface area contributed by atoms with Crippen molar-refractivity contribution in [2.75, 3.05) is 33.2 Å². The number of aliphatic carboxylic acids is 4. The molecule has 0 amide bonds. The zero-order valence-electron chi connectivity index (χ0n) is 10.2. The standard InChI is InChI=1S/C5H9NO4.C4H7NO4/c1-6(2-4(7)8)3-5(9)10;6-3(7)1-5-2-4(8)9/h2-3H2,1H3,(H,7,8)(H,9,10);5H,1-2H2,(H,6,7)(H,8,9). The number of nitrogens with one attached hydrogen (secondary N) is 1. The van der Waals surface area contributed by atoms with Crippen LogP contribution in [0.1, 0.15) is 0 Å². The maximum absolute atomic E-state index is 9.96. The van der Waals surface area contributed by atoms with Crippen LogP contribution >= 0.6 is 0 Å². The van der Waals surface area contributed by atoms with Gasteiger partial charge in [0.1, 0.15) is 0 Å². The summed E-state index contributed by atoms with van der Waals surface area (Å²) >= 11 is 0. The van der Waals surface area contributed by atoms with E-state index in [4.69, 9.17) is 20.4 Å². The molecule has 0 aromatic heterocycles. The van der Waals surface area contributed by atoms with Crippen molar-refractivity contribution in [2.24, 2.45) is 0 Å². The van der Waals surface area contributed by atoms with E-state index in [1.54, 1.807) is 0 Å². The molecule has 0 aliphatic heterocycles. The smallest absolute Gasteiger partial charge is 0.317 e. The third-order valence-corrected chi connectivity index (χ3v) is 1.36. The molecular weight excluding hydrogens is 264 g/mol. The van der Waals surface area contributed by atoms with Crippen LogP contribution in [0.2, 0.25) is 0 Å². The third kappa shape index (κ3) is 21.6. The van der Waals surface area contributed by atoms with E-state index in [0.29, 0.717) is 0 Å². The number of carboxylic acid groups (broad SMARTS) is 4. The Bertz CT molecular complexity index is 300. The van der Waals surface area contributed by atoms with Crippen molar-refractivity contribution in [3.05, 3.63) is 0 Å². The molecular formula is C9H16N2O8. The van der Waals surface area contributed by atoms with Crippen molar-refractivity contribution in [1.82, 2.24) is 10.2 Å². The van der Waals surface area contributed by atoms with Gasteiger partial charge < -0.3 is 20.4 Å². The molecule has 0 saturated carbocycles. The lowest BCUT2D eigenvalue weighted by atomic mass is 10.5.